The molecule has 0 atom stereocenters. The predicted octanol–water partition coefficient (Wildman–Crippen LogP) is 2.94. The van der Waals surface area contributed by atoms with Gasteiger partial charge in [0.1, 0.15) is 0 Å². The standard InChI is InChI=1S/C11H24N2/c1-6-8-13(9-7-2)10-12-11(3,4)5/h10H,6-9H2,1-5H3/b12-10+. The summed E-state index contributed by atoms with van der Waals surface area (Å²) in [5, 5.41) is 0. The molecule has 0 saturated heterocycles. The minimum absolute atomic E-state index is 0.0553. The fourth-order valence-corrected chi connectivity index (χ4v) is 1.06. The zero-order chi connectivity index (χ0) is 10.3. The smallest absolute Gasteiger partial charge is 0.0856 e. The zero-order valence-corrected chi connectivity index (χ0v) is 9.80. The molecule has 0 aliphatic carbocycles. The van der Waals surface area contributed by atoms with E-state index < -0.39 is 0 Å². The minimum Gasteiger partial charge on any atom is -0.363 e. The highest BCUT2D eigenvalue weighted by Crippen LogP contribution is 2.05. The second-order valence-electron chi connectivity index (χ2n) is 4.45. The van der Waals surface area contributed by atoms with Gasteiger partial charge in [-0.25, -0.2) is 0 Å². The van der Waals surface area contributed by atoms with Crippen molar-refractivity contribution in [1.82, 2.24) is 4.90 Å². The fourth-order valence-electron chi connectivity index (χ4n) is 1.06. The Kier molecular flexibility index (Phi) is 5.76. The van der Waals surface area contributed by atoms with E-state index in [0.717, 1.165) is 13.1 Å². The van der Waals surface area contributed by atoms with E-state index in [4.69, 9.17) is 0 Å². The third-order valence-electron chi connectivity index (χ3n) is 1.63. The molecule has 0 heterocycles. The van der Waals surface area contributed by atoms with Gasteiger partial charge in [-0.05, 0) is 33.6 Å². The van der Waals surface area contributed by atoms with Crippen LogP contribution in [-0.4, -0.2) is 29.9 Å². The zero-order valence-electron chi connectivity index (χ0n) is 9.80. The van der Waals surface area contributed by atoms with E-state index in [9.17, 15) is 0 Å². The van der Waals surface area contributed by atoms with Gasteiger partial charge in [0.15, 0.2) is 0 Å². The predicted molar refractivity (Wildman–Crippen MR) is 60.4 cm³/mol. The van der Waals surface area contributed by atoms with Crippen LogP contribution in [0.1, 0.15) is 47.5 Å². The molecule has 13 heavy (non-hydrogen) atoms. The Hall–Kier alpha value is -0.530. The Morgan fingerprint density at radius 1 is 1.08 bits per heavy atom. The SMILES string of the molecule is CCCN(/C=N/C(C)(C)C)CCC. The molecular formula is C11H24N2. The topological polar surface area (TPSA) is 15.6 Å². The molecule has 0 rings (SSSR count). The Bertz CT molecular complexity index is 139. The van der Waals surface area contributed by atoms with E-state index in [0.29, 0.717) is 0 Å². The van der Waals surface area contributed by atoms with Gasteiger partial charge < -0.3 is 4.90 Å². The van der Waals surface area contributed by atoms with Crippen LogP contribution in [0.4, 0.5) is 0 Å². The highest BCUT2D eigenvalue weighted by molar-refractivity contribution is 5.55. The Morgan fingerprint density at radius 2 is 1.54 bits per heavy atom. The third kappa shape index (κ3) is 7.82. The summed E-state index contributed by atoms with van der Waals surface area (Å²) in [5.41, 5.74) is 0.0553. The highest BCUT2D eigenvalue weighted by Gasteiger charge is 2.05. The van der Waals surface area contributed by atoms with E-state index >= 15 is 0 Å². The van der Waals surface area contributed by atoms with Crippen LogP contribution in [0.2, 0.25) is 0 Å². The molecule has 0 N–H and O–H groups in total. The van der Waals surface area contributed by atoms with Gasteiger partial charge >= 0.3 is 0 Å². The summed E-state index contributed by atoms with van der Waals surface area (Å²) >= 11 is 0. The van der Waals surface area contributed by atoms with E-state index in [1.54, 1.807) is 0 Å². The lowest BCUT2D eigenvalue weighted by atomic mass is 10.1. The van der Waals surface area contributed by atoms with Crippen molar-refractivity contribution in [2.75, 3.05) is 13.1 Å². The van der Waals surface area contributed by atoms with E-state index in [-0.39, 0.29) is 5.54 Å². The molecular weight excluding hydrogens is 160 g/mol. The van der Waals surface area contributed by atoms with E-state index in [1.807, 2.05) is 6.34 Å². The van der Waals surface area contributed by atoms with Crippen molar-refractivity contribution in [1.29, 1.82) is 0 Å². The van der Waals surface area contributed by atoms with Crippen LogP contribution in [0, 0.1) is 0 Å². The van der Waals surface area contributed by atoms with Crippen LogP contribution < -0.4 is 0 Å². The minimum atomic E-state index is 0.0553. The van der Waals surface area contributed by atoms with Crippen molar-refractivity contribution in [2.24, 2.45) is 4.99 Å². The highest BCUT2D eigenvalue weighted by atomic mass is 15.1. The summed E-state index contributed by atoms with van der Waals surface area (Å²) in [5.74, 6) is 0. The van der Waals surface area contributed by atoms with Gasteiger partial charge in [0.05, 0.1) is 11.9 Å². The molecule has 0 fully saturated rings. The van der Waals surface area contributed by atoms with Crippen LogP contribution in [-0.2, 0) is 0 Å². The summed E-state index contributed by atoms with van der Waals surface area (Å²) in [7, 11) is 0. The summed E-state index contributed by atoms with van der Waals surface area (Å²) in [6, 6.07) is 0. The maximum Gasteiger partial charge on any atom is 0.0856 e. The van der Waals surface area contributed by atoms with Crippen LogP contribution in [0.25, 0.3) is 0 Å². The number of aliphatic imine (C=N–C) groups is 1. The Balaban J connectivity index is 4.00. The van der Waals surface area contributed by atoms with Gasteiger partial charge in [-0.15, -0.1) is 0 Å². The quantitative estimate of drug-likeness (QED) is 0.474. The van der Waals surface area contributed by atoms with Crippen molar-refractivity contribution in [3.05, 3.63) is 0 Å². The molecule has 2 nitrogen and oxygen atoms in total. The largest absolute Gasteiger partial charge is 0.363 e. The van der Waals surface area contributed by atoms with Crippen molar-refractivity contribution in [2.45, 2.75) is 53.0 Å². The molecule has 0 aromatic rings. The molecule has 0 unspecified atom stereocenters. The maximum atomic E-state index is 4.50. The average Bonchev–Trinajstić information content (AvgIpc) is 2.00. The molecule has 0 radical (unpaired) electrons. The molecule has 0 aliphatic heterocycles. The van der Waals surface area contributed by atoms with Crippen LogP contribution in [0.3, 0.4) is 0 Å². The van der Waals surface area contributed by atoms with Gasteiger partial charge in [0, 0.05) is 13.1 Å². The molecule has 0 aliphatic rings. The summed E-state index contributed by atoms with van der Waals surface area (Å²) in [6.07, 6.45) is 4.39. The van der Waals surface area contributed by atoms with Gasteiger partial charge in [-0.3, -0.25) is 4.99 Å². The monoisotopic (exact) mass is 184 g/mol. The van der Waals surface area contributed by atoms with Crippen LogP contribution >= 0.6 is 0 Å². The van der Waals surface area contributed by atoms with Crippen molar-refractivity contribution in [3.63, 3.8) is 0 Å². The molecule has 0 spiro atoms. The number of nitrogens with zero attached hydrogens (tertiary/aromatic N) is 2. The molecule has 2 heteroatoms. The molecule has 0 aromatic carbocycles. The first kappa shape index (κ1) is 12.5. The van der Waals surface area contributed by atoms with E-state index in [1.165, 1.54) is 12.8 Å². The van der Waals surface area contributed by atoms with Crippen LogP contribution in [0.15, 0.2) is 4.99 Å². The Labute approximate surface area is 83.0 Å². The molecule has 0 amide bonds. The number of hydrogen-bond donors (Lipinski definition) is 0. The van der Waals surface area contributed by atoms with Gasteiger partial charge in [0.25, 0.3) is 0 Å². The molecule has 0 saturated carbocycles. The third-order valence-corrected chi connectivity index (χ3v) is 1.63. The number of hydrogen-bond acceptors (Lipinski definition) is 1. The molecule has 0 aromatic heterocycles. The molecule has 78 valence electrons. The first-order chi connectivity index (χ1) is 5.99. The lowest BCUT2D eigenvalue weighted by molar-refractivity contribution is 0.421. The van der Waals surface area contributed by atoms with Crippen LogP contribution in [0.5, 0.6) is 0 Å². The second kappa shape index (κ2) is 6.01. The average molecular weight is 184 g/mol. The lowest BCUT2D eigenvalue weighted by Gasteiger charge is -2.20. The summed E-state index contributed by atoms with van der Waals surface area (Å²) < 4.78 is 0. The van der Waals surface area contributed by atoms with Crippen molar-refractivity contribution in [3.8, 4) is 0 Å². The van der Waals surface area contributed by atoms with Gasteiger partial charge in [0.2, 0.25) is 0 Å². The van der Waals surface area contributed by atoms with Crippen molar-refractivity contribution >= 4 is 6.34 Å². The molecule has 0 bridgehead atoms. The summed E-state index contributed by atoms with van der Waals surface area (Å²) in [4.78, 5) is 6.79. The fraction of sp³-hybridized carbons (Fsp3) is 0.909. The normalized spacial score (nSPS) is 12.4. The summed E-state index contributed by atoms with van der Waals surface area (Å²) in [6.45, 7) is 13.0. The first-order valence-corrected chi connectivity index (χ1v) is 5.29. The Morgan fingerprint density at radius 3 is 1.85 bits per heavy atom. The number of rotatable bonds is 5. The van der Waals surface area contributed by atoms with Crippen molar-refractivity contribution < 1.29 is 0 Å². The van der Waals surface area contributed by atoms with E-state index in [2.05, 4.69) is 44.5 Å². The lowest BCUT2D eigenvalue weighted by Crippen LogP contribution is -2.25. The second-order valence-corrected chi connectivity index (χ2v) is 4.45. The van der Waals surface area contributed by atoms with Gasteiger partial charge in [-0.2, -0.15) is 0 Å². The first-order valence-electron chi connectivity index (χ1n) is 5.29. The maximum absolute atomic E-state index is 4.50. The van der Waals surface area contributed by atoms with Gasteiger partial charge in [-0.1, -0.05) is 13.8 Å².